The number of fused-ring (bicyclic) bond motifs is 2. The Kier molecular flexibility index (Phi) is 5.06. The van der Waals surface area contributed by atoms with Gasteiger partial charge in [-0.25, -0.2) is 0 Å². The highest BCUT2D eigenvalue weighted by molar-refractivity contribution is 5.72. The molecule has 0 unspecified atom stereocenters. The number of benzene rings is 2. The van der Waals surface area contributed by atoms with Gasteiger partial charge in [-0.3, -0.25) is 0 Å². The zero-order valence-electron chi connectivity index (χ0n) is 17.3. The quantitative estimate of drug-likeness (QED) is 0.686. The topological polar surface area (TPSA) is 36.3 Å². The van der Waals surface area contributed by atoms with Crippen molar-refractivity contribution in [1.29, 1.82) is 5.26 Å². The van der Waals surface area contributed by atoms with Crippen LogP contribution >= 0.6 is 0 Å². The number of nitriles is 1. The van der Waals surface area contributed by atoms with Gasteiger partial charge in [0.15, 0.2) is 0 Å². The molecule has 29 heavy (non-hydrogen) atoms. The Balaban J connectivity index is 1.36. The molecule has 1 heterocycles. The lowest BCUT2D eigenvalue weighted by atomic mass is 9.85. The Hall–Kier alpha value is -2.31. The summed E-state index contributed by atoms with van der Waals surface area (Å²) in [5, 5.41) is 9.50. The van der Waals surface area contributed by atoms with E-state index in [9.17, 15) is 5.26 Å². The minimum absolute atomic E-state index is 0.536. The van der Waals surface area contributed by atoms with Gasteiger partial charge in [0.25, 0.3) is 0 Å². The normalized spacial score (nSPS) is 27.1. The third-order valence-electron chi connectivity index (χ3n) is 7.73. The molecular weight excluding hydrogens is 356 g/mol. The van der Waals surface area contributed by atoms with Gasteiger partial charge in [0.1, 0.15) is 5.75 Å². The van der Waals surface area contributed by atoms with Crippen LogP contribution in [-0.4, -0.2) is 31.1 Å². The molecule has 1 saturated heterocycles. The minimum atomic E-state index is 0.536. The van der Waals surface area contributed by atoms with E-state index in [-0.39, 0.29) is 0 Å². The van der Waals surface area contributed by atoms with Crippen LogP contribution < -0.4 is 4.74 Å². The fourth-order valence-corrected chi connectivity index (χ4v) is 6.25. The second-order valence-corrected chi connectivity index (χ2v) is 9.17. The van der Waals surface area contributed by atoms with Gasteiger partial charge in [-0.2, -0.15) is 5.26 Å². The third-order valence-corrected chi connectivity index (χ3v) is 7.73. The van der Waals surface area contributed by atoms with E-state index in [4.69, 9.17) is 4.74 Å². The summed E-state index contributed by atoms with van der Waals surface area (Å²) in [6, 6.07) is 17.5. The molecule has 3 heteroatoms. The van der Waals surface area contributed by atoms with Gasteiger partial charge < -0.3 is 9.64 Å². The van der Waals surface area contributed by atoms with Gasteiger partial charge >= 0.3 is 0 Å². The number of piperidine rings is 1. The van der Waals surface area contributed by atoms with Crippen LogP contribution in [0.1, 0.15) is 55.6 Å². The van der Waals surface area contributed by atoms with Crippen LogP contribution in [0.5, 0.6) is 5.75 Å². The molecule has 150 valence electrons. The fraction of sp³-hybridized carbons (Fsp3) is 0.500. The smallest absolute Gasteiger partial charge is 0.122 e. The first-order valence-corrected chi connectivity index (χ1v) is 11.2. The SMILES string of the molecule is COc1ccc(-c2ccccc2C#N)cc1C1CCN([C@H]2C[C@H]3CC[C@H]2C3)CC1. The van der Waals surface area contributed by atoms with Crippen LogP contribution in [0.2, 0.25) is 0 Å². The molecule has 1 aliphatic heterocycles. The summed E-state index contributed by atoms with van der Waals surface area (Å²) < 4.78 is 5.73. The van der Waals surface area contributed by atoms with Gasteiger partial charge in [0.05, 0.1) is 18.7 Å². The number of hydrogen-bond acceptors (Lipinski definition) is 3. The molecule has 2 aromatic rings. The summed E-state index contributed by atoms with van der Waals surface area (Å²) >= 11 is 0. The Morgan fingerprint density at radius 3 is 2.52 bits per heavy atom. The Morgan fingerprint density at radius 1 is 1.00 bits per heavy atom. The Labute approximate surface area is 174 Å². The molecule has 3 fully saturated rings. The molecule has 3 aliphatic rings. The van der Waals surface area contributed by atoms with E-state index in [0.717, 1.165) is 40.3 Å². The second-order valence-electron chi connectivity index (χ2n) is 9.17. The Bertz CT molecular complexity index is 923. The van der Waals surface area contributed by atoms with E-state index in [1.54, 1.807) is 7.11 Å². The molecule has 0 aromatic heterocycles. The van der Waals surface area contributed by atoms with Gasteiger partial charge in [-0.1, -0.05) is 30.7 Å². The van der Waals surface area contributed by atoms with Crippen molar-refractivity contribution in [2.75, 3.05) is 20.2 Å². The lowest BCUT2D eigenvalue weighted by molar-refractivity contribution is 0.110. The van der Waals surface area contributed by atoms with Gasteiger partial charge in [0.2, 0.25) is 0 Å². The van der Waals surface area contributed by atoms with Crippen LogP contribution in [0, 0.1) is 23.2 Å². The van der Waals surface area contributed by atoms with Crippen molar-refractivity contribution in [3.8, 4) is 22.9 Å². The predicted octanol–water partition coefficient (Wildman–Crippen LogP) is 5.60. The summed E-state index contributed by atoms with van der Waals surface area (Å²) in [6.07, 6.45) is 8.27. The first kappa shape index (κ1) is 18.7. The predicted molar refractivity (Wildman–Crippen MR) is 116 cm³/mol. The molecule has 2 aromatic carbocycles. The largest absolute Gasteiger partial charge is 0.496 e. The standard InChI is InChI=1S/C26H30N2O/c1-29-26-9-8-20(23-5-3-2-4-22(23)17-27)16-24(26)19-10-12-28(13-11-19)25-15-18-6-7-21(25)14-18/h2-5,8-9,16,18-19,21,25H,6-7,10-15H2,1H3/t18-,21-,25-/m0/s1. The van der Waals surface area contributed by atoms with Gasteiger partial charge in [-0.15, -0.1) is 0 Å². The molecule has 2 saturated carbocycles. The number of nitrogens with zero attached hydrogens (tertiary/aromatic N) is 2. The van der Waals surface area contributed by atoms with E-state index < -0.39 is 0 Å². The van der Waals surface area contributed by atoms with E-state index in [0.29, 0.717) is 5.92 Å². The second kappa shape index (κ2) is 7.84. The molecule has 3 atom stereocenters. The minimum Gasteiger partial charge on any atom is -0.496 e. The summed E-state index contributed by atoms with van der Waals surface area (Å²) in [5.41, 5.74) is 4.17. The highest BCUT2D eigenvalue weighted by atomic mass is 16.5. The van der Waals surface area contributed by atoms with Crippen LogP contribution in [0.15, 0.2) is 42.5 Å². The maximum atomic E-state index is 9.50. The molecule has 0 N–H and O–H groups in total. The van der Waals surface area contributed by atoms with Gasteiger partial charge in [0, 0.05) is 6.04 Å². The number of ether oxygens (including phenoxy) is 1. The maximum Gasteiger partial charge on any atom is 0.122 e. The van der Waals surface area contributed by atoms with Crippen LogP contribution in [-0.2, 0) is 0 Å². The van der Waals surface area contributed by atoms with Crippen molar-refractivity contribution in [1.82, 2.24) is 4.90 Å². The lowest BCUT2D eigenvalue weighted by Crippen LogP contribution is -2.43. The zero-order chi connectivity index (χ0) is 19.8. The summed E-state index contributed by atoms with van der Waals surface area (Å²) in [5.74, 6) is 3.51. The van der Waals surface area contributed by atoms with Crippen molar-refractivity contribution >= 4 is 0 Å². The first-order valence-electron chi connectivity index (χ1n) is 11.2. The van der Waals surface area contributed by atoms with Crippen molar-refractivity contribution in [3.63, 3.8) is 0 Å². The highest BCUT2D eigenvalue weighted by Crippen LogP contribution is 2.48. The monoisotopic (exact) mass is 386 g/mol. The lowest BCUT2D eigenvalue weighted by Gasteiger charge is -2.40. The number of methoxy groups -OCH3 is 1. The number of likely N-dealkylation sites (tertiary alicyclic amines) is 1. The van der Waals surface area contributed by atoms with E-state index in [2.05, 4.69) is 29.2 Å². The van der Waals surface area contributed by atoms with Crippen molar-refractivity contribution in [3.05, 3.63) is 53.6 Å². The van der Waals surface area contributed by atoms with Crippen LogP contribution in [0.3, 0.4) is 0 Å². The molecule has 0 amide bonds. The van der Waals surface area contributed by atoms with Crippen molar-refractivity contribution in [2.24, 2.45) is 11.8 Å². The molecule has 2 bridgehead atoms. The van der Waals surface area contributed by atoms with Crippen LogP contribution in [0.4, 0.5) is 0 Å². The Morgan fingerprint density at radius 2 is 1.83 bits per heavy atom. The average Bonchev–Trinajstić information content (AvgIpc) is 3.42. The summed E-state index contributed by atoms with van der Waals surface area (Å²) in [7, 11) is 1.77. The van der Waals surface area contributed by atoms with E-state index >= 15 is 0 Å². The molecule has 0 radical (unpaired) electrons. The highest BCUT2D eigenvalue weighted by Gasteiger charge is 2.43. The molecule has 2 aliphatic carbocycles. The van der Waals surface area contributed by atoms with Crippen molar-refractivity contribution in [2.45, 2.75) is 50.5 Å². The fourth-order valence-electron chi connectivity index (χ4n) is 6.25. The van der Waals surface area contributed by atoms with Crippen LogP contribution in [0.25, 0.3) is 11.1 Å². The third kappa shape index (κ3) is 3.45. The molecular formula is C26H30N2O. The first-order chi connectivity index (χ1) is 14.3. The summed E-state index contributed by atoms with van der Waals surface area (Å²) in [4.78, 5) is 2.79. The molecule has 3 nitrogen and oxygen atoms in total. The van der Waals surface area contributed by atoms with E-state index in [1.807, 2.05) is 24.3 Å². The van der Waals surface area contributed by atoms with Gasteiger partial charge in [-0.05, 0) is 97.8 Å². The molecule has 5 rings (SSSR count). The summed E-state index contributed by atoms with van der Waals surface area (Å²) in [6.45, 7) is 2.42. The molecule has 0 spiro atoms. The maximum absolute atomic E-state index is 9.50. The van der Waals surface area contributed by atoms with E-state index in [1.165, 1.54) is 57.2 Å². The zero-order valence-corrected chi connectivity index (χ0v) is 17.3. The number of hydrogen-bond donors (Lipinski definition) is 0. The number of rotatable bonds is 4. The van der Waals surface area contributed by atoms with Crippen molar-refractivity contribution < 1.29 is 4.74 Å². The average molecular weight is 387 g/mol.